The molecule has 9 heteroatoms. The van der Waals surface area contributed by atoms with Crippen molar-refractivity contribution in [3.8, 4) is 28.3 Å². The number of hydrogen-bond donors (Lipinski definition) is 2. The van der Waals surface area contributed by atoms with Crippen molar-refractivity contribution in [2.24, 2.45) is 0 Å². The lowest BCUT2D eigenvalue weighted by Crippen LogP contribution is -2.16. The minimum atomic E-state index is -4.77. The average Bonchev–Trinajstić information content (AvgIpc) is 3.04. The van der Waals surface area contributed by atoms with Crippen LogP contribution in [0.15, 0.2) is 59.7 Å². The van der Waals surface area contributed by atoms with Gasteiger partial charge in [-0.05, 0) is 42.5 Å². The zero-order valence-corrected chi connectivity index (χ0v) is 13.5. The van der Waals surface area contributed by atoms with Crippen molar-refractivity contribution < 1.29 is 17.9 Å². The van der Waals surface area contributed by atoms with Crippen molar-refractivity contribution in [2.45, 2.75) is 6.36 Å². The Bertz CT molecular complexity index is 1170. The fourth-order valence-electron chi connectivity index (χ4n) is 2.73. The first-order valence-electron chi connectivity index (χ1n) is 7.78. The van der Waals surface area contributed by atoms with Gasteiger partial charge in [-0.25, -0.2) is 5.10 Å². The smallest absolute Gasteiger partial charge is 0.406 e. The van der Waals surface area contributed by atoms with Gasteiger partial charge in [0.15, 0.2) is 0 Å². The Labute approximate surface area is 149 Å². The second-order valence-electron chi connectivity index (χ2n) is 5.71. The van der Waals surface area contributed by atoms with Crippen LogP contribution in [0.4, 0.5) is 13.2 Å². The number of hydrogen-bond acceptors (Lipinski definition) is 4. The van der Waals surface area contributed by atoms with E-state index in [1.807, 2.05) is 0 Å². The lowest BCUT2D eigenvalue weighted by atomic mass is 10.1. The molecule has 2 N–H and O–H groups in total. The summed E-state index contributed by atoms with van der Waals surface area (Å²) in [6, 6.07) is 10.6. The topological polar surface area (TPSA) is 83.7 Å². The van der Waals surface area contributed by atoms with Gasteiger partial charge in [0.05, 0.1) is 17.0 Å². The zero-order valence-electron chi connectivity index (χ0n) is 13.5. The summed E-state index contributed by atoms with van der Waals surface area (Å²) in [6.07, 6.45) is -1.56. The molecule has 0 amide bonds. The summed E-state index contributed by atoms with van der Waals surface area (Å²) < 4.78 is 41.1. The number of aromatic amines is 2. The number of fused-ring (bicyclic) bond motifs is 1. The van der Waals surface area contributed by atoms with E-state index in [-0.39, 0.29) is 5.75 Å². The molecule has 27 heavy (non-hydrogen) atoms. The highest BCUT2D eigenvalue weighted by Gasteiger charge is 2.31. The van der Waals surface area contributed by atoms with Crippen LogP contribution in [-0.4, -0.2) is 26.5 Å². The Balaban J connectivity index is 1.77. The van der Waals surface area contributed by atoms with Gasteiger partial charge in [0.2, 0.25) is 0 Å². The summed E-state index contributed by atoms with van der Waals surface area (Å²) in [4.78, 5) is 19.2. The molecule has 1 aromatic carbocycles. The number of halogens is 3. The number of pyridine rings is 1. The highest BCUT2D eigenvalue weighted by molar-refractivity contribution is 5.87. The highest BCUT2D eigenvalue weighted by atomic mass is 19.4. The molecule has 0 aliphatic heterocycles. The van der Waals surface area contributed by atoms with Gasteiger partial charge in [-0.2, -0.15) is 5.10 Å². The van der Waals surface area contributed by atoms with Crippen LogP contribution in [0.1, 0.15) is 0 Å². The number of rotatable bonds is 3. The molecule has 4 aromatic rings. The molecule has 3 aromatic heterocycles. The summed E-state index contributed by atoms with van der Waals surface area (Å²) in [5.41, 5.74) is 2.21. The molecule has 0 saturated heterocycles. The summed E-state index contributed by atoms with van der Waals surface area (Å²) in [5, 5.41) is 6.93. The number of alkyl halides is 3. The van der Waals surface area contributed by atoms with Crippen LogP contribution in [0.25, 0.3) is 33.4 Å². The van der Waals surface area contributed by atoms with Crippen LogP contribution in [-0.2, 0) is 0 Å². The second-order valence-corrected chi connectivity index (χ2v) is 5.71. The van der Waals surface area contributed by atoms with Gasteiger partial charge < -0.3 is 9.72 Å². The number of nitrogens with one attached hydrogen (secondary N) is 2. The van der Waals surface area contributed by atoms with E-state index in [4.69, 9.17) is 0 Å². The third kappa shape index (κ3) is 3.52. The maximum atomic E-state index is 12.4. The highest BCUT2D eigenvalue weighted by Crippen LogP contribution is 2.29. The number of aromatic nitrogens is 4. The van der Waals surface area contributed by atoms with Crippen LogP contribution in [0.5, 0.6) is 5.75 Å². The van der Waals surface area contributed by atoms with Crippen molar-refractivity contribution >= 4 is 10.9 Å². The normalized spacial score (nSPS) is 11.7. The van der Waals surface area contributed by atoms with E-state index >= 15 is 0 Å². The van der Waals surface area contributed by atoms with Crippen LogP contribution in [0.2, 0.25) is 0 Å². The van der Waals surface area contributed by atoms with E-state index in [0.29, 0.717) is 27.9 Å². The molecule has 0 unspecified atom stereocenters. The fraction of sp³-hybridized carbons (Fsp3) is 0.0556. The van der Waals surface area contributed by atoms with Gasteiger partial charge in [0, 0.05) is 28.9 Å². The molecule has 0 atom stereocenters. The van der Waals surface area contributed by atoms with Crippen molar-refractivity contribution in [3.63, 3.8) is 0 Å². The maximum absolute atomic E-state index is 12.4. The number of nitrogens with zero attached hydrogens (tertiary/aromatic N) is 2. The van der Waals surface area contributed by atoms with Crippen molar-refractivity contribution in [1.82, 2.24) is 20.2 Å². The van der Waals surface area contributed by atoms with E-state index in [9.17, 15) is 18.0 Å². The van der Waals surface area contributed by atoms with Crippen molar-refractivity contribution in [1.29, 1.82) is 0 Å². The Morgan fingerprint density at radius 1 is 1.00 bits per heavy atom. The van der Waals surface area contributed by atoms with Crippen LogP contribution in [0.3, 0.4) is 0 Å². The quantitative estimate of drug-likeness (QED) is 0.572. The number of H-pyrrole nitrogens is 2. The van der Waals surface area contributed by atoms with Gasteiger partial charge in [-0.3, -0.25) is 9.78 Å². The van der Waals surface area contributed by atoms with Gasteiger partial charge in [-0.1, -0.05) is 0 Å². The Hall–Kier alpha value is -3.62. The molecule has 4 rings (SSSR count). The second kappa shape index (κ2) is 6.27. The molecule has 0 spiro atoms. The van der Waals surface area contributed by atoms with E-state index in [0.717, 1.165) is 5.56 Å². The third-order valence-electron chi connectivity index (χ3n) is 3.90. The summed E-state index contributed by atoms with van der Waals surface area (Å²) in [6.45, 7) is 0. The number of benzene rings is 1. The predicted octanol–water partition coefficient (Wildman–Crippen LogP) is 3.88. The molecule has 0 saturated carbocycles. The maximum Gasteiger partial charge on any atom is 0.573 e. The first-order chi connectivity index (χ1) is 12.9. The van der Waals surface area contributed by atoms with Crippen molar-refractivity contribution in [3.05, 3.63) is 65.2 Å². The van der Waals surface area contributed by atoms with Crippen molar-refractivity contribution in [2.75, 3.05) is 0 Å². The summed E-state index contributed by atoms with van der Waals surface area (Å²) in [7, 11) is 0. The minimum absolute atomic E-state index is 0.311. The van der Waals surface area contributed by atoms with Gasteiger partial charge >= 0.3 is 6.36 Å². The predicted molar refractivity (Wildman–Crippen MR) is 92.1 cm³/mol. The largest absolute Gasteiger partial charge is 0.573 e. The van der Waals surface area contributed by atoms with E-state index in [1.54, 1.807) is 36.7 Å². The standard InChI is InChI=1S/C18H11F3N4O2/c19-18(20,21)27-12-1-2-14-11(7-12)8-16(23-14)13-9-15(24-25-17(13)26)10-3-5-22-6-4-10/h1-9,23H,(H,25,26). The van der Waals surface area contributed by atoms with Crippen LogP contribution >= 0.6 is 0 Å². The number of ether oxygens (including phenoxy) is 1. The molecule has 6 nitrogen and oxygen atoms in total. The SMILES string of the molecule is O=c1[nH]nc(-c2ccncc2)cc1-c1cc2cc(OC(F)(F)F)ccc2[nH]1. The first-order valence-corrected chi connectivity index (χ1v) is 7.78. The van der Waals surface area contributed by atoms with E-state index in [2.05, 4.69) is 24.9 Å². The summed E-state index contributed by atoms with van der Waals surface area (Å²) >= 11 is 0. The molecule has 0 fully saturated rings. The third-order valence-corrected chi connectivity index (χ3v) is 3.90. The summed E-state index contributed by atoms with van der Waals surface area (Å²) in [5.74, 6) is -0.332. The Kier molecular flexibility index (Phi) is 3.91. The molecule has 0 aliphatic rings. The lowest BCUT2D eigenvalue weighted by Gasteiger charge is -2.08. The van der Waals surface area contributed by atoms with Gasteiger partial charge in [0.1, 0.15) is 5.75 Å². The molecular formula is C18H11F3N4O2. The Morgan fingerprint density at radius 3 is 2.52 bits per heavy atom. The lowest BCUT2D eigenvalue weighted by molar-refractivity contribution is -0.274. The molecule has 3 heterocycles. The van der Waals surface area contributed by atoms with E-state index < -0.39 is 11.9 Å². The minimum Gasteiger partial charge on any atom is -0.406 e. The molecular weight excluding hydrogens is 361 g/mol. The zero-order chi connectivity index (χ0) is 19.0. The van der Waals surface area contributed by atoms with Crippen LogP contribution in [0, 0.1) is 0 Å². The first kappa shape index (κ1) is 16.8. The van der Waals surface area contributed by atoms with Crippen LogP contribution < -0.4 is 10.3 Å². The molecule has 136 valence electrons. The van der Waals surface area contributed by atoms with Gasteiger partial charge in [0.25, 0.3) is 5.56 Å². The monoisotopic (exact) mass is 372 g/mol. The molecule has 0 aliphatic carbocycles. The molecule has 0 bridgehead atoms. The Morgan fingerprint density at radius 2 is 1.78 bits per heavy atom. The van der Waals surface area contributed by atoms with Gasteiger partial charge in [-0.15, -0.1) is 13.2 Å². The fourth-order valence-corrected chi connectivity index (χ4v) is 2.73. The van der Waals surface area contributed by atoms with E-state index in [1.165, 1.54) is 18.2 Å². The average molecular weight is 372 g/mol. The molecule has 0 radical (unpaired) electrons.